The van der Waals surface area contributed by atoms with E-state index in [0.717, 1.165) is 3.79 Å². The average molecular weight is 245 g/mol. The van der Waals surface area contributed by atoms with Crippen LogP contribution in [0.3, 0.4) is 0 Å². The predicted octanol–water partition coefficient (Wildman–Crippen LogP) is 2.34. The fourth-order valence-corrected chi connectivity index (χ4v) is 2.19. The van der Waals surface area contributed by atoms with Crippen molar-refractivity contribution in [2.45, 2.75) is 6.92 Å². The number of amides is 1. The topological polar surface area (TPSA) is 52.9 Å². The minimum absolute atomic E-state index is 0.166. The van der Waals surface area contributed by atoms with Crippen LogP contribution in [0.5, 0.6) is 0 Å². The number of hydrogen-bond acceptors (Lipinski definition) is 3. The van der Waals surface area contributed by atoms with Crippen LogP contribution in [0.15, 0.2) is 9.85 Å². The van der Waals surface area contributed by atoms with Crippen LogP contribution in [0.2, 0.25) is 0 Å². The van der Waals surface area contributed by atoms with Gasteiger partial charge in [0.2, 0.25) is 5.91 Å². The summed E-state index contributed by atoms with van der Waals surface area (Å²) in [6.45, 7) is 1.41. The number of rotatable bonds is 1. The van der Waals surface area contributed by atoms with Gasteiger partial charge in [0.05, 0.1) is 9.35 Å². The van der Waals surface area contributed by atoms with E-state index in [1.165, 1.54) is 18.3 Å². The van der Waals surface area contributed by atoms with Crippen LogP contribution in [0.1, 0.15) is 12.5 Å². The molecule has 0 atom stereocenters. The van der Waals surface area contributed by atoms with E-state index < -0.39 is 0 Å². The third-order valence-corrected chi connectivity index (χ3v) is 2.67. The van der Waals surface area contributed by atoms with Gasteiger partial charge in [-0.2, -0.15) is 5.26 Å². The van der Waals surface area contributed by atoms with Gasteiger partial charge in [-0.1, -0.05) is 0 Å². The maximum Gasteiger partial charge on any atom is 0.221 e. The average Bonchev–Trinajstić information content (AvgIpc) is 2.29. The summed E-state index contributed by atoms with van der Waals surface area (Å²) in [4.78, 5) is 10.7. The Morgan fingerprint density at radius 3 is 3.00 bits per heavy atom. The zero-order valence-corrected chi connectivity index (χ0v) is 8.62. The number of nitrogens with zero attached hydrogens (tertiary/aromatic N) is 1. The van der Waals surface area contributed by atoms with Gasteiger partial charge in [0.1, 0.15) is 11.1 Å². The van der Waals surface area contributed by atoms with Crippen molar-refractivity contribution in [3.05, 3.63) is 15.4 Å². The summed E-state index contributed by atoms with van der Waals surface area (Å²) in [7, 11) is 0. The quantitative estimate of drug-likeness (QED) is 0.825. The third-order valence-electron chi connectivity index (χ3n) is 1.11. The van der Waals surface area contributed by atoms with Crippen LogP contribution in [0.25, 0.3) is 0 Å². The van der Waals surface area contributed by atoms with Crippen molar-refractivity contribution in [3.8, 4) is 6.07 Å². The molecule has 0 radical (unpaired) electrons. The predicted molar refractivity (Wildman–Crippen MR) is 51.0 cm³/mol. The summed E-state index contributed by atoms with van der Waals surface area (Å²) in [6, 6.07) is 3.66. The minimum Gasteiger partial charge on any atom is -0.317 e. The molecule has 12 heavy (non-hydrogen) atoms. The highest BCUT2D eigenvalue weighted by Gasteiger charge is 2.07. The normalized spacial score (nSPS) is 9.08. The second kappa shape index (κ2) is 3.70. The lowest BCUT2D eigenvalue weighted by Crippen LogP contribution is -2.04. The molecule has 0 spiro atoms. The Bertz CT molecular complexity index is 353. The van der Waals surface area contributed by atoms with E-state index in [1.807, 2.05) is 6.07 Å². The van der Waals surface area contributed by atoms with Gasteiger partial charge < -0.3 is 5.32 Å². The highest BCUT2D eigenvalue weighted by atomic mass is 79.9. The van der Waals surface area contributed by atoms with E-state index in [4.69, 9.17) is 5.26 Å². The van der Waals surface area contributed by atoms with Crippen molar-refractivity contribution in [2.75, 3.05) is 5.32 Å². The monoisotopic (exact) mass is 244 g/mol. The summed E-state index contributed by atoms with van der Waals surface area (Å²) < 4.78 is 0.836. The lowest BCUT2D eigenvalue weighted by Gasteiger charge is -1.95. The van der Waals surface area contributed by atoms with Crippen LogP contribution in [-0.4, -0.2) is 5.91 Å². The molecule has 0 aliphatic rings. The maximum atomic E-state index is 10.7. The standard InChI is InChI=1S/C7H5BrN2OS/c1-4(11)10-7-5(3-9)2-6(8)12-7/h2H,1H3,(H,10,11). The number of thiophene rings is 1. The lowest BCUT2D eigenvalue weighted by molar-refractivity contribution is -0.114. The number of halogens is 1. The number of hydrogen-bond donors (Lipinski definition) is 1. The molecule has 1 amide bonds. The van der Waals surface area contributed by atoms with Crippen molar-refractivity contribution in [1.82, 2.24) is 0 Å². The van der Waals surface area contributed by atoms with Gasteiger partial charge in [-0.25, -0.2) is 0 Å². The van der Waals surface area contributed by atoms with Crippen molar-refractivity contribution >= 4 is 38.2 Å². The van der Waals surface area contributed by atoms with Crippen LogP contribution < -0.4 is 5.32 Å². The Balaban J connectivity index is 2.99. The number of carbonyl (C=O) groups is 1. The van der Waals surface area contributed by atoms with E-state index in [9.17, 15) is 4.79 Å². The number of anilines is 1. The molecule has 1 heterocycles. The molecule has 0 aliphatic heterocycles. The van der Waals surface area contributed by atoms with E-state index >= 15 is 0 Å². The highest BCUT2D eigenvalue weighted by Crippen LogP contribution is 2.31. The molecule has 1 aromatic heterocycles. The SMILES string of the molecule is CC(=O)Nc1sc(Br)cc1C#N. The molecule has 1 N–H and O–H groups in total. The minimum atomic E-state index is -0.166. The molecular formula is C7H5BrN2OS. The van der Waals surface area contributed by atoms with Gasteiger partial charge in [-0.15, -0.1) is 11.3 Å². The van der Waals surface area contributed by atoms with E-state index in [-0.39, 0.29) is 5.91 Å². The Morgan fingerprint density at radius 1 is 1.83 bits per heavy atom. The first-order chi connectivity index (χ1) is 5.63. The van der Waals surface area contributed by atoms with Crippen LogP contribution in [0, 0.1) is 11.3 Å². The van der Waals surface area contributed by atoms with Gasteiger partial charge in [-0.05, 0) is 22.0 Å². The van der Waals surface area contributed by atoms with Gasteiger partial charge in [0, 0.05) is 6.92 Å². The fraction of sp³-hybridized carbons (Fsp3) is 0.143. The third kappa shape index (κ3) is 2.06. The Morgan fingerprint density at radius 2 is 2.50 bits per heavy atom. The molecule has 0 saturated heterocycles. The Labute approximate surface area is 82.1 Å². The number of nitrogens with one attached hydrogen (secondary N) is 1. The van der Waals surface area contributed by atoms with Crippen LogP contribution >= 0.6 is 27.3 Å². The van der Waals surface area contributed by atoms with Crippen molar-refractivity contribution in [1.29, 1.82) is 5.26 Å². The number of carbonyl (C=O) groups excluding carboxylic acids is 1. The molecule has 1 rings (SSSR count). The molecule has 0 saturated carbocycles. The summed E-state index contributed by atoms with van der Waals surface area (Å²) >= 11 is 4.56. The molecule has 0 aliphatic carbocycles. The summed E-state index contributed by atoms with van der Waals surface area (Å²) in [5.41, 5.74) is 0.488. The van der Waals surface area contributed by atoms with Crippen molar-refractivity contribution in [3.63, 3.8) is 0 Å². The molecular weight excluding hydrogens is 240 g/mol. The first-order valence-electron chi connectivity index (χ1n) is 3.10. The number of nitriles is 1. The fourth-order valence-electron chi connectivity index (χ4n) is 0.697. The van der Waals surface area contributed by atoms with Gasteiger partial charge in [0.15, 0.2) is 0 Å². The summed E-state index contributed by atoms with van der Waals surface area (Å²) in [5.74, 6) is -0.166. The van der Waals surface area contributed by atoms with Crippen molar-refractivity contribution < 1.29 is 4.79 Å². The maximum absolute atomic E-state index is 10.7. The van der Waals surface area contributed by atoms with Crippen LogP contribution in [-0.2, 0) is 4.79 Å². The zero-order chi connectivity index (χ0) is 9.14. The first kappa shape index (κ1) is 9.23. The largest absolute Gasteiger partial charge is 0.317 e. The van der Waals surface area contributed by atoms with Crippen LogP contribution in [0.4, 0.5) is 5.00 Å². The lowest BCUT2D eigenvalue weighted by atomic mass is 10.3. The second-order valence-corrected chi connectivity index (χ2v) is 4.52. The van der Waals surface area contributed by atoms with Gasteiger partial charge in [-0.3, -0.25) is 4.79 Å². The Hall–Kier alpha value is -0.860. The Kier molecular flexibility index (Phi) is 2.84. The second-order valence-electron chi connectivity index (χ2n) is 2.09. The molecule has 5 heteroatoms. The zero-order valence-electron chi connectivity index (χ0n) is 6.22. The first-order valence-corrected chi connectivity index (χ1v) is 4.71. The van der Waals surface area contributed by atoms with Gasteiger partial charge >= 0.3 is 0 Å². The highest BCUT2D eigenvalue weighted by molar-refractivity contribution is 9.11. The van der Waals surface area contributed by atoms with E-state index in [1.54, 1.807) is 6.07 Å². The molecule has 0 unspecified atom stereocenters. The van der Waals surface area contributed by atoms with E-state index in [0.29, 0.717) is 10.6 Å². The molecule has 1 aromatic rings. The molecule has 62 valence electrons. The summed E-state index contributed by atoms with van der Waals surface area (Å²) in [6.07, 6.45) is 0. The van der Waals surface area contributed by atoms with Crippen molar-refractivity contribution in [2.24, 2.45) is 0 Å². The molecule has 0 bridgehead atoms. The van der Waals surface area contributed by atoms with Gasteiger partial charge in [0.25, 0.3) is 0 Å². The molecule has 3 nitrogen and oxygen atoms in total. The molecule has 0 aromatic carbocycles. The van der Waals surface area contributed by atoms with E-state index in [2.05, 4.69) is 21.2 Å². The molecule has 0 fully saturated rings. The smallest absolute Gasteiger partial charge is 0.221 e. The summed E-state index contributed by atoms with van der Waals surface area (Å²) in [5, 5.41) is 11.8.